The molecule has 1 unspecified atom stereocenters. The first-order chi connectivity index (χ1) is 10.4. The highest BCUT2D eigenvalue weighted by Gasteiger charge is 2.32. The quantitative estimate of drug-likeness (QED) is 0.909. The van der Waals surface area contributed by atoms with Crippen molar-refractivity contribution in [3.63, 3.8) is 0 Å². The van der Waals surface area contributed by atoms with Gasteiger partial charge < -0.3 is 15.2 Å². The lowest BCUT2D eigenvalue weighted by molar-refractivity contribution is 0.174. The van der Waals surface area contributed by atoms with Crippen LogP contribution in [0.3, 0.4) is 0 Å². The number of hydrogen-bond acceptors (Lipinski definition) is 5. The van der Waals surface area contributed by atoms with Gasteiger partial charge in [0.25, 0.3) is 0 Å². The lowest BCUT2D eigenvalue weighted by Gasteiger charge is -2.33. The lowest BCUT2D eigenvalue weighted by atomic mass is 9.92. The van der Waals surface area contributed by atoms with E-state index in [2.05, 4.69) is 0 Å². The number of ether oxygens (including phenoxy) is 2. The Kier molecular flexibility index (Phi) is 4.05. The number of aryl methyl sites for hydroxylation is 1. The zero-order chi connectivity index (χ0) is 15.9. The molecule has 0 bridgehead atoms. The Morgan fingerprint density at radius 2 is 1.82 bits per heavy atom. The van der Waals surface area contributed by atoms with Crippen molar-refractivity contribution in [3.05, 3.63) is 17.7 Å². The van der Waals surface area contributed by atoms with Crippen LogP contribution < -0.4 is 15.2 Å². The molecule has 22 heavy (non-hydrogen) atoms. The van der Waals surface area contributed by atoms with Crippen LogP contribution in [0.4, 0.5) is 0 Å². The molecule has 1 aromatic rings. The van der Waals surface area contributed by atoms with E-state index in [0.717, 1.165) is 12.8 Å². The smallest absolute Gasteiger partial charge is 0.243 e. The van der Waals surface area contributed by atoms with Crippen LogP contribution in [0, 0.1) is 12.8 Å². The molecule has 6 nitrogen and oxygen atoms in total. The van der Waals surface area contributed by atoms with E-state index in [0.29, 0.717) is 41.0 Å². The minimum atomic E-state index is -3.51. The molecular formula is C15H22N2O4S. The predicted molar refractivity (Wildman–Crippen MR) is 82.4 cm³/mol. The van der Waals surface area contributed by atoms with Gasteiger partial charge in [-0.05, 0) is 44.2 Å². The van der Waals surface area contributed by atoms with Gasteiger partial charge in [-0.2, -0.15) is 4.31 Å². The van der Waals surface area contributed by atoms with Crippen LogP contribution >= 0.6 is 0 Å². The van der Waals surface area contributed by atoms with E-state index in [1.807, 2.05) is 6.92 Å². The molecule has 0 aliphatic carbocycles. The fraction of sp³-hybridized carbons (Fsp3) is 0.600. The molecule has 2 N–H and O–H groups in total. The molecule has 1 aromatic carbocycles. The number of piperidine rings is 1. The number of benzene rings is 1. The molecular weight excluding hydrogens is 304 g/mol. The Hall–Kier alpha value is -1.31. The van der Waals surface area contributed by atoms with Crippen molar-refractivity contribution < 1.29 is 17.9 Å². The number of nitrogens with zero attached hydrogens (tertiary/aromatic N) is 1. The summed E-state index contributed by atoms with van der Waals surface area (Å²) in [6, 6.07) is 3.41. The minimum absolute atomic E-state index is 0.108. The third kappa shape index (κ3) is 2.68. The van der Waals surface area contributed by atoms with Crippen LogP contribution in [0.1, 0.15) is 25.3 Å². The van der Waals surface area contributed by atoms with Gasteiger partial charge in [-0.1, -0.05) is 0 Å². The topological polar surface area (TPSA) is 81.9 Å². The Balaban J connectivity index is 1.85. The summed E-state index contributed by atoms with van der Waals surface area (Å²) in [4.78, 5) is 0.302. The number of hydrogen-bond donors (Lipinski definition) is 1. The number of nitrogens with two attached hydrogens (primary N) is 1. The Morgan fingerprint density at radius 3 is 2.41 bits per heavy atom. The van der Waals surface area contributed by atoms with Crippen LogP contribution in [-0.4, -0.2) is 38.6 Å². The van der Waals surface area contributed by atoms with E-state index in [4.69, 9.17) is 15.2 Å². The van der Waals surface area contributed by atoms with Crippen LogP contribution in [0.15, 0.2) is 17.0 Å². The first-order valence-electron chi connectivity index (χ1n) is 7.55. The highest BCUT2D eigenvalue weighted by atomic mass is 32.2. The third-order valence-corrected chi connectivity index (χ3v) is 6.57. The van der Waals surface area contributed by atoms with E-state index in [9.17, 15) is 8.42 Å². The second kappa shape index (κ2) is 5.72. The van der Waals surface area contributed by atoms with Crippen molar-refractivity contribution in [2.75, 3.05) is 19.9 Å². The van der Waals surface area contributed by atoms with Crippen LogP contribution in [0.25, 0.3) is 0 Å². The SMILES string of the molecule is Cc1cc2c(cc1S(=O)(=O)N1CCC(C(C)N)CC1)OCO2. The fourth-order valence-electron chi connectivity index (χ4n) is 3.08. The molecule has 2 aliphatic rings. The summed E-state index contributed by atoms with van der Waals surface area (Å²) in [5.41, 5.74) is 6.60. The fourth-order valence-corrected chi connectivity index (χ4v) is 4.78. The highest BCUT2D eigenvalue weighted by Crippen LogP contribution is 2.37. The van der Waals surface area contributed by atoms with Gasteiger partial charge in [-0.3, -0.25) is 0 Å². The van der Waals surface area contributed by atoms with E-state index in [1.54, 1.807) is 23.4 Å². The monoisotopic (exact) mass is 326 g/mol. The lowest BCUT2D eigenvalue weighted by Crippen LogP contribution is -2.42. The summed E-state index contributed by atoms with van der Waals surface area (Å²) in [5, 5.41) is 0. The molecule has 1 atom stereocenters. The first kappa shape index (κ1) is 15.6. The molecule has 0 amide bonds. The van der Waals surface area contributed by atoms with Gasteiger partial charge in [0.2, 0.25) is 16.8 Å². The van der Waals surface area contributed by atoms with Crippen LogP contribution in [-0.2, 0) is 10.0 Å². The molecule has 1 saturated heterocycles. The summed E-state index contributed by atoms with van der Waals surface area (Å²) in [6.07, 6.45) is 1.61. The summed E-state index contributed by atoms with van der Waals surface area (Å²) in [6.45, 7) is 4.93. The maximum atomic E-state index is 12.9. The largest absolute Gasteiger partial charge is 0.454 e. The summed E-state index contributed by atoms with van der Waals surface area (Å²) in [5.74, 6) is 1.49. The predicted octanol–water partition coefficient (Wildman–Crippen LogP) is 1.47. The molecule has 0 spiro atoms. The third-order valence-electron chi connectivity index (χ3n) is 4.53. The summed E-state index contributed by atoms with van der Waals surface area (Å²) < 4.78 is 37.9. The van der Waals surface area contributed by atoms with Crippen molar-refractivity contribution in [3.8, 4) is 11.5 Å². The number of rotatable bonds is 3. The van der Waals surface area contributed by atoms with Crippen molar-refractivity contribution in [2.45, 2.75) is 37.6 Å². The van der Waals surface area contributed by atoms with Crippen molar-refractivity contribution in [1.29, 1.82) is 0 Å². The number of sulfonamides is 1. The molecule has 2 aliphatic heterocycles. The maximum absolute atomic E-state index is 12.9. The van der Waals surface area contributed by atoms with Crippen molar-refractivity contribution in [1.82, 2.24) is 4.31 Å². The van der Waals surface area contributed by atoms with E-state index in [-0.39, 0.29) is 12.8 Å². The average molecular weight is 326 g/mol. The molecule has 3 rings (SSSR count). The second-order valence-electron chi connectivity index (χ2n) is 6.07. The molecule has 0 aromatic heterocycles. The van der Waals surface area contributed by atoms with Gasteiger partial charge in [0.05, 0.1) is 4.90 Å². The molecule has 0 saturated carbocycles. The molecule has 7 heteroatoms. The Morgan fingerprint density at radius 1 is 1.23 bits per heavy atom. The van der Waals surface area contributed by atoms with Crippen LogP contribution in [0.2, 0.25) is 0 Å². The first-order valence-corrected chi connectivity index (χ1v) is 8.99. The molecule has 122 valence electrons. The van der Waals surface area contributed by atoms with Gasteiger partial charge in [0, 0.05) is 25.2 Å². The molecule has 0 radical (unpaired) electrons. The van der Waals surface area contributed by atoms with Gasteiger partial charge in [-0.15, -0.1) is 0 Å². The Bertz CT molecular complexity index is 664. The minimum Gasteiger partial charge on any atom is -0.454 e. The van der Waals surface area contributed by atoms with Gasteiger partial charge in [-0.25, -0.2) is 8.42 Å². The van der Waals surface area contributed by atoms with Crippen molar-refractivity contribution >= 4 is 10.0 Å². The average Bonchev–Trinajstić information content (AvgIpc) is 2.93. The van der Waals surface area contributed by atoms with Gasteiger partial charge in [0.15, 0.2) is 11.5 Å². The van der Waals surface area contributed by atoms with Gasteiger partial charge >= 0.3 is 0 Å². The van der Waals surface area contributed by atoms with E-state index in [1.165, 1.54) is 0 Å². The molecule has 2 heterocycles. The van der Waals surface area contributed by atoms with Crippen LogP contribution in [0.5, 0.6) is 11.5 Å². The second-order valence-corrected chi connectivity index (χ2v) is 7.98. The van der Waals surface area contributed by atoms with Gasteiger partial charge in [0.1, 0.15) is 0 Å². The van der Waals surface area contributed by atoms with E-state index >= 15 is 0 Å². The van der Waals surface area contributed by atoms with Crippen molar-refractivity contribution in [2.24, 2.45) is 11.7 Å². The normalized spacial score (nSPS) is 21.0. The number of fused-ring (bicyclic) bond motifs is 1. The maximum Gasteiger partial charge on any atom is 0.243 e. The van der Waals surface area contributed by atoms with E-state index < -0.39 is 10.0 Å². The molecule has 1 fully saturated rings. The zero-order valence-electron chi connectivity index (χ0n) is 12.9. The standard InChI is InChI=1S/C15H22N2O4S/c1-10-7-13-14(21-9-20-13)8-15(10)22(18,19)17-5-3-12(4-6-17)11(2)16/h7-8,11-12H,3-6,9,16H2,1-2H3. The summed E-state index contributed by atoms with van der Waals surface area (Å²) in [7, 11) is -3.51. The highest BCUT2D eigenvalue weighted by molar-refractivity contribution is 7.89. The Labute approximate surface area is 131 Å². The summed E-state index contributed by atoms with van der Waals surface area (Å²) >= 11 is 0. The zero-order valence-corrected chi connectivity index (χ0v) is 13.7.